The van der Waals surface area contributed by atoms with Gasteiger partial charge in [0.2, 0.25) is 0 Å². The fourth-order valence-electron chi connectivity index (χ4n) is 1.71. The standard InChI is InChI=1S/C13H20N2O/c1-4-6-9(2)15-13(16)11-7-5-8-12(14)10(11)3/h5,7-9H,4,6,14H2,1-3H3,(H,15,16). The van der Waals surface area contributed by atoms with Crippen molar-refractivity contribution in [3.63, 3.8) is 0 Å². The van der Waals surface area contributed by atoms with Crippen LogP contribution in [-0.4, -0.2) is 11.9 Å². The molecular formula is C13H20N2O. The van der Waals surface area contributed by atoms with Gasteiger partial charge in [0.05, 0.1) is 0 Å². The molecule has 3 heteroatoms. The Morgan fingerprint density at radius 1 is 1.50 bits per heavy atom. The number of carbonyl (C=O) groups is 1. The Morgan fingerprint density at radius 2 is 2.19 bits per heavy atom. The molecule has 0 aliphatic heterocycles. The van der Waals surface area contributed by atoms with Crippen LogP contribution in [0.25, 0.3) is 0 Å². The number of rotatable bonds is 4. The van der Waals surface area contributed by atoms with Crippen molar-refractivity contribution < 1.29 is 4.79 Å². The number of carbonyl (C=O) groups excluding carboxylic acids is 1. The molecule has 3 nitrogen and oxygen atoms in total. The topological polar surface area (TPSA) is 55.1 Å². The molecule has 0 bridgehead atoms. The Bertz CT molecular complexity index is 374. The molecule has 0 heterocycles. The summed E-state index contributed by atoms with van der Waals surface area (Å²) >= 11 is 0. The molecule has 1 aromatic carbocycles. The first-order valence-corrected chi connectivity index (χ1v) is 5.72. The maximum Gasteiger partial charge on any atom is 0.251 e. The first kappa shape index (κ1) is 12.6. The van der Waals surface area contributed by atoms with Gasteiger partial charge in [-0.25, -0.2) is 0 Å². The number of benzene rings is 1. The molecule has 0 aliphatic carbocycles. The molecule has 3 N–H and O–H groups in total. The van der Waals surface area contributed by atoms with Gasteiger partial charge in [-0.05, 0) is 38.0 Å². The fraction of sp³-hybridized carbons (Fsp3) is 0.462. The minimum atomic E-state index is -0.0363. The van der Waals surface area contributed by atoms with Crippen LogP contribution in [0.3, 0.4) is 0 Å². The van der Waals surface area contributed by atoms with Gasteiger partial charge in [-0.2, -0.15) is 0 Å². The van der Waals surface area contributed by atoms with E-state index in [1.54, 1.807) is 6.07 Å². The predicted octanol–water partition coefficient (Wildman–Crippen LogP) is 2.50. The van der Waals surface area contributed by atoms with Crippen LogP contribution in [0.5, 0.6) is 0 Å². The van der Waals surface area contributed by atoms with E-state index < -0.39 is 0 Å². The minimum absolute atomic E-state index is 0.0363. The van der Waals surface area contributed by atoms with Gasteiger partial charge in [0.25, 0.3) is 5.91 Å². The Balaban J connectivity index is 2.77. The molecule has 1 rings (SSSR count). The number of amides is 1. The van der Waals surface area contributed by atoms with Crippen molar-refractivity contribution >= 4 is 11.6 Å². The van der Waals surface area contributed by atoms with Crippen molar-refractivity contribution in [1.82, 2.24) is 5.32 Å². The summed E-state index contributed by atoms with van der Waals surface area (Å²) in [6.07, 6.45) is 2.06. The average molecular weight is 220 g/mol. The number of hydrogen-bond acceptors (Lipinski definition) is 2. The summed E-state index contributed by atoms with van der Waals surface area (Å²) in [5.74, 6) is -0.0363. The van der Waals surface area contributed by atoms with Crippen LogP contribution in [0.1, 0.15) is 42.6 Å². The zero-order valence-corrected chi connectivity index (χ0v) is 10.2. The highest BCUT2D eigenvalue weighted by atomic mass is 16.1. The molecule has 1 unspecified atom stereocenters. The summed E-state index contributed by atoms with van der Waals surface area (Å²) in [5.41, 5.74) is 7.95. The number of nitrogen functional groups attached to an aromatic ring is 1. The number of hydrogen-bond donors (Lipinski definition) is 2. The maximum atomic E-state index is 11.9. The van der Waals surface area contributed by atoms with Crippen LogP contribution in [0.15, 0.2) is 18.2 Å². The third-order valence-electron chi connectivity index (χ3n) is 2.72. The summed E-state index contributed by atoms with van der Waals surface area (Å²) in [7, 11) is 0. The first-order chi connectivity index (χ1) is 7.56. The molecule has 1 aromatic rings. The van der Waals surface area contributed by atoms with E-state index in [1.165, 1.54) is 0 Å². The lowest BCUT2D eigenvalue weighted by atomic mass is 10.1. The number of nitrogens with one attached hydrogen (secondary N) is 1. The molecular weight excluding hydrogens is 200 g/mol. The van der Waals surface area contributed by atoms with E-state index in [9.17, 15) is 4.79 Å². The van der Waals surface area contributed by atoms with Gasteiger partial charge in [0.1, 0.15) is 0 Å². The van der Waals surface area contributed by atoms with Gasteiger partial charge in [0.15, 0.2) is 0 Å². The maximum absolute atomic E-state index is 11.9. The molecule has 1 atom stereocenters. The van der Waals surface area contributed by atoms with E-state index in [0.29, 0.717) is 11.3 Å². The van der Waals surface area contributed by atoms with Crippen LogP contribution in [-0.2, 0) is 0 Å². The average Bonchev–Trinajstić information content (AvgIpc) is 2.22. The summed E-state index contributed by atoms with van der Waals surface area (Å²) in [6, 6.07) is 5.63. The van der Waals surface area contributed by atoms with Gasteiger partial charge in [0, 0.05) is 17.3 Å². The van der Waals surface area contributed by atoms with Crippen molar-refractivity contribution in [3.05, 3.63) is 29.3 Å². The molecule has 1 amide bonds. The van der Waals surface area contributed by atoms with E-state index in [4.69, 9.17) is 5.73 Å². The molecule has 0 aliphatic rings. The molecule has 0 saturated carbocycles. The van der Waals surface area contributed by atoms with E-state index in [-0.39, 0.29) is 11.9 Å². The monoisotopic (exact) mass is 220 g/mol. The number of nitrogens with two attached hydrogens (primary N) is 1. The second-order valence-corrected chi connectivity index (χ2v) is 4.18. The highest BCUT2D eigenvalue weighted by Crippen LogP contribution is 2.15. The first-order valence-electron chi connectivity index (χ1n) is 5.72. The normalized spacial score (nSPS) is 12.2. The van der Waals surface area contributed by atoms with E-state index in [0.717, 1.165) is 18.4 Å². The Labute approximate surface area is 97.0 Å². The van der Waals surface area contributed by atoms with Crippen LogP contribution < -0.4 is 11.1 Å². The lowest BCUT2D eigenvalue weighted by Crippen LogP contribution is -2.32. The van der Waals surface area contributed by atoms with Crippen LogP contribution >= 0.6 is 0 Å². The van der Waals surface area contributed by atoms with Gasteiger partial charge < -0.3 is 11.1 Å². The summed E-state index contributed by atoms with van der Waals surface area (Å²) in [4.78, 5) is 11.9. The molecule has 16 heavy (non-hydrogen) atoms. The van der Waals surface area contributed by atoms with Crippen molar-refractivity contribution in [2.24, 2.45) is 0 Å². The largest absolute Gasteiger partial charge is 0.398 e. The zero-order chi connectivity index (χ0) is 12.1. The third kappa shape index (κ3) is 2.99. The van der Waals surface area contributed by atoms with Crippen molar-refractivity contribution in [3.8, 4) is 0 Å². The Morgan fingerprint density at radius 3 is 2.81 bits per heavy atom. The lowest BCUT2D eigenvalue weighted by molar-refractivity contribution is 0.0938. The highest BCUT2D eigenvalue weighted by Gasteiger charge is 2.12. The molecule has 0 spiro atoms. The molecule has 88 valence electrons. The summed E-state index contributed by atoms with van der Waals surface area (Å²) < 4.78 is 0. The Hall–Kier alpha value is -1.51. The van der Waals surface area contributed by atoms with Crippen molar-refractivity contribution in [2.45, 2.75) is 39.7 Å². The van der Waals surface area contributed by atoms with Gasteiger partial charge in [-0.15, -0.1) is 0 Å². The molecule has 0 fully saturated rings. The zero-order valence-electron chi connectivity index (χ0n) is 10.2. The predicted molar refractivity (Wildman–Crippen MR) is 67.4 cm³/mol. The molecule has 0 saturated heterocycles. The van der Waals surface area contributed by atoms with Crippen molar-refractivity contribution in [2.75, 3.05) is 5.73 Å². The second kappa shape index (κ2) is 5.54. The highest BCUT2D eigenvalue weighted by molar-refractivity contribution is 5.97. The quantitative estimate of drug-likeness (QED) is 0.766. The fourth-order valence-corrected chi connectivity index (χ4v) is 1.71. The minimum Gasteiger partial charge on any atom is -0.398 e. The lowest BCUT2D eigenvalue weighted by Gasteiger charge is -2.14. The molecule has 0 radical (unpaired) electrons. The number of anilines is 1. The van der Waals surface area contributed by atoms with Crippen molar-refractivity contribution in [1.29, 1.82) is 0 Å². The third-order valence-corrected chi connectivity index (χ3v) is 2.72. The van der Waals surface area contributed by atoms with Gasteiger partial charge in [-0.3, -0.25) is 4.79 Å². The Kier molecular flexibility index (Phi) is 4.35. The SMILES string of the molecule is CCCC(C)NC(=O)c1cccc(N)c1C. The van der Waals surface area contributed by atoms with Crippen LogP contribution in [0.4, 0.5) is 5.69 Å². The molecule has 0 aromatic heterocycles. The van der Waals surface area contributed by atoms with E-state index in [1.807, 2.05) is 26.0 Å². The van der Waals surface area contributed by atoms with E-state index in [2.05, 4.69) is 12.2 Å². The summed E-state index contributed by atoms with van der Waals surface area (Å²) in [6.45, 7) is 5.99. The van der Waals surface area contributed by atoms with Gasteiger partial charge in [-0.1, -0.05) is 19.4 Å². The summed E-state index contributed by atoms with van der Waals surface area (Å²) in [5, 5.41) is 2.97. The van der Waals surface area contributed by atoms with E-state index >= 15 is 0 Å². The van der Waals surface area contributed by atoms with Crippen LogP contribution in [0.2, 0.25) is 0 Å². The smallest absolute Gasteiger partial charge is 0.251 e. The van der Waals surface area contributed by atoms with Crippen LogP contribution in [0, 0.1) is 6.92 Å². The van der Waals surface area contributed by atoms with Gasteiger partial charge >= 0.3 is 0 Å². The second-order valence-electron chi connectivity index (χ2n) is 4.18.